The minimum atomic E-state index is -4.45. The molecule has 0 saturated carbocycles. The summed E-state index contributed by atoms with van der Waals surface area (Å²) in [7, 11) is -4.45. The van der Waals surface area contributed by atoms with E-state index in [4.69, 9.17) is 4.74 Å². The van der Waals surface area contributed by atoms with E-state index in [1.807, 2.05) is 6.92 Å². The molecule has 7 heteroatoms. The second-order valence-corrected chi connectivity index (χ2v) is 7.14. The minimum absolute atomic E-state index is 0. The van der Waals surface area contributed by atoms with E-state index in [1.165, 1.54) is 70.6 Å². The molecule has 0 aliphatic carbocycles. The molecule has 0 aromatic carbocycles. The maximum absolute atomic E-state index is 9.73. The Labute approximate surface area is 161 Å². The average Bonchev–Trinajstić information content (AvgIpc) is 2.49. The Kier molecular flexibility index (Phi) is 21.9. The summed E-state index contributed by atoms with van der Waals surface area (Å²) < 4.78 is 38.6. The molecule has 1 fully saturated rings. The van der Waals surface area contributed by atoms with E-state index in [-0.39, 0.29) is 25.5 Å². The fraction of sp³-hybridized carbons (Fsp3) is 1.00. The van der Waals surface area contributed by atoms with Crippen LogP contribution in [0.2, 0.25) is 0 Å². The molecule has 1 rings (SSSR count). The second kappa shape index (κ2) is 19.7. The van der Waals surface area contributed by atoms with E-state index < -0.39 is 10.4 Å². The van der Waals surface area contributed by atoms with Crippen LogP contribution in [0.4, 0.5) is 0 Å². The molecule has 5 nitrogen and oxygen atoms in total. The molecule has 0 N–H and O–H groups in total. The molecular formula is C17H35LiO5S. The van der Waals surface area contributed by atoms with Crippen LogP contribution in [0.15, 0.2) is 0 Å². The van der Waals surface area contributed by atoms with Gasteiger partial charge in [-0.05, 0) is 19.3 Å². The largest absolute Gasteiger partial charge is 1.00 e. The molecule has 0 aromatic heterocycles. The summed E-state index contributed by atoms with van der Waals surface area (Å²) in [5.41, 5.74) is 0. The van der Waals surface area contributed by atoms with Crippen molar-refractivity contribution < 1.29 is 40.8 Å². The van der Waals surface area contributed by atoms with Crippen molar-refractivity contribution in [3.63, 3.8) is 0 Å². The summed E-state index contributed by atoms with van der Waals surface area (Å²) in [5, 5.41) is 0. The van der Waals surface area contributed by atoms with Gasteiger partial charge in [0.1, 0.15) is 0 Å². The van der Waals surface area contributed by atoms with Gasteiger partial charge in [-0.25, -0.2) is 8.42 Å². The van der Waals surface area contributed by atoms with Gasteiger partial charge in [-0.1, -0.05) is 71.1 Å². The first kappa shape index (κ1) is 26.7. The fourth-order valence-corrected chi connectivity index (χ4v) is 2.73. The summed E-state index contributed by atoms with van der Waals surface area (Å²) in [6, 6.07) is 0. The molecule has 0 aromatic rings. The summed E-state index contributed by atoms with van der Waals surface area (Å²) in [5.74, 6) is 0. The molecule has 1 saturated heterocycles. The van der Waals surface area contributed by atoms with E-state index in [2.05, 4.69) is 4.18 Å². The third kappa shape index (κ3) is 24.7. The quantitative estimate of drug-likeness (QED) is 0.330. The fourth-order valence-electron chi connectivity index (χ4n) is 2.41. The molecule has 1 heterocycles. The van der Waals surface area contributed by atoms with Crippen molar-refractivity contribution in [2.24, 2.45) is 0 Å². The molecule has 140 valence electrons. The Morgan fingerprint density at radius 2 is 1.21 bits per heavy atom. The van der Waals surface area contributed by atoms with Crippen LogP contribution in [-0.2, 0) is 19.3 Å². The Bertz CT molecular complexity index is 283. The maximum atomic E-state index is 9.73. The van der Waals surface area contributed by atoms with Gasteiger partial charge in [0.25, 0.3) is 0 Å². The average molecular weight is 358 g/mol. The Morgan fingerprint density at radius 3 is 1.54 bits per heavy atom. The van der Waals surface area contributed by atoms with Crippen LogP contribution in [0.5, 0.6) is 0 Å². The first-order chi connectivity index (χ1) is 11.1. The first-order valence-electron chi connectivity index (χ1n) is 9.24. The van der Waals surface area contributed by atoms with Crippen molar-refractivity contribution >= 4 is 10.4 Å². The van der Waals surface area contributed by atoms with Gasteiger partial charge < -0.3 is 9.29 Å². The molecule has 0 unspecified atom stereocenters. The predicted molar refractivity (Wildman–Crippen MR) is 92.2 cm³/mol. The van der Waals surface area contributed by atoms with Crippen LogP contribution in [0.25, 0.3) is 0 Å². The molecule has 0 atom stereocenters. The van der Waals surface area contributed by atoms with Gasteiger partial charge in [0, 0.05) is 13.2 Å². The molecule has 1 aliphatic heterocycles. The van der Waals surface area contributed by atoms with E-state index in [0.717, 1.165) is 19.6 Å². The molecule has 0 bridgehead atoms. The zero-order valence-electron chi connectivity index (χ0n) is 15.8. The van der Waals surface area contributed by atoms with Gasteiger partial charge >= 0.3 is 18.9 Å². The minimum Gasteiger partial charge on any atom is -0.726 e. The van der Waals surface area contributed by atoms with Crippen LogP contribution in [0.3, 0.4) is 0 Å². The van der Waals surface area contributed by atoms with Crippen LogP contribution in [-0.4, -0.2) is 32.8 Å². The van der Waals surface area contributed by atoms with Crippen molar-refractivity contribution in [2.45, 2.75) is 90.4 Å². The van der Waals surface area contributed by atoms with Gasteiger partial charge in [0.15, 0.2) is 0 Å². The third-order valence-corrected chi connectivity index (χ3v) is 4.26. The van der Waals surface area contributed by atoms with Crippen molar-refractivity contribution in [3.8, 4) is 0 Å². The van der Waals surface area contributed by atoms with Crippen molar-refractivity contribution in [1.82, 2.24) is 0 Å². The molecular weight excluding hydrogens is 323 g/mol. The van der Waals surface area contributed by atoms with Crippen LogP contribution >= 0.6 is 0 Å². The van der Waals surface area contributed by atoms with Gasteiger partial charge in [-0.3, -0.25) is 4.18 Å². The van der Waals surface area contributed by atoms with E-state index >= 15 is 0 Å². The molecule has 24 heavy (non-hydrogen) atoms. The van der Waals surface area contributed by atoms with E-state index in [1.54, 1.807) is 0 Å². The van der Waals surface area contributed by atoms with Crippen molar-refractivity contribution in [1.29, 1.82) is 0 Å². The van der Waals surface area contributed by atoms with Crippen LogP contribution in [0.1, 0.15) is 90.4 Å². The topological polar surface area (TPSA) is 75.7 Å². The Hall–Kier alpha value is 0.427. The zero-order valence-corrected chi connectivity index (χ0v) is 16.6. The number of ether oxygens (including phenoxy) is 1. The van der Waals surface area contributed by atoms with Gasteiger partial charge in [0.05, 0.1) is 6.61 Å². The van der Waals surface area contributed by atoms with E-state index in [0.29, 0.717) is 6.42 Å². The molecule has 0 radical (unpaired) electrons. The smallest absolute Gasteiger partial charge is 0.726 e. The third-order valence-electron chi connectivity index (χ3n) is 3.80. The monoisotopic (exact) mass is 358 g/mol. The van der Waals surface area contributed by atoms with Crippen LogP contribution in [0, 0.1) is 0 Å². The molecule has 1 aliphatic rings. The standard InChI is InChI=1S/C13H26O.C4H10O4S.Li/c1-2-4-6-8-10-12-14-13-11-9-7-5-3-1;1-2-3-4-8-9(5,6)7;/h1-13H2;2-4H2,1H3,(H,5,6,7);/q;;+1/p-1. The summed E-state index contributed by atoms with van der Waals surface area (Å²) in [4.78, 5) is 0. The van der Waals surface area contributed by atoms with Gasteiger partial charge in [0.2, 0.25) is 10.4 Å². The number of unbranched alkanes of at least 4 members (excludes halogenated alkanes) is 1. The summed E-state index contributed by atoms with van der Waals surface area (Å²) >= 11 is 0. The summed E-state index contributed by atoms with van der Waals surface area (Å²) in [6.45, 7) is 3.88. The zero-order chi connectivity index (χ0) is 17.2. The van der Waals surface area contributed by atoms with Gasteiger partial charge in [-0.15, -0.1) is 0 Å². The number of hydrogen-bond donors (Lipinski definition) is 0. The SMILES string of the molecule is C1CCCCCCOCCCCCC1.CCCCOS(=O)(=O)[O-].[Li+]. The van der Waals surface area contributed by atoms with E-state index in [9.17, 15) is 13.0 Å². The number of hydrogen-bond acceptors (Lipinski definition) is 5. The Morgan fingerprint density at radius 1 is 0.833 bits per heavy atom. The maximum Gasteiger partial charge on any atom is 1.00 e. The number of rotatable bonds is 4. The molecule has 0 spiro atoms. The second-order valence-electron chi connectivity index (χ2n) is 6.09. The van der Waals surface area contributed by atoms with Crippen LogP contribution < -0.4 is 18.9 Å². The van der Waals surface area contributed by atoms with Crippen molar-refractivity contribution in [2.75, 3.05) is 19.8 Å². The van der Waals surface area contributed by atoms with Gasteiger partial charge in [-0.2, -0.15) is 0 Å². The summed E-state index contributed by atoms with van der Waals surface area (Å²) in [6.07, 6.45) is 16.8. The first-order valence-corrected chi connectivity index (χ1v) is 10.6. The van der Waals surface area contributed by atoms with Crippen molar-refractivity contribution in [3.05, 3.63) is 0 Å². The predicted octanol–water partition coefficient (Wildman–Crippen LogP) is 1.58. The normalized spacial score (nSPS) is 18.4. The Balaban J connectivity index is 0. The molecule has 0 amide bonds.